The molecule has 1 heterocycles. The van der Waals surface area contributed by atoms with Crippen LogP contribution in [-0.4, -0.2) is 11.6 Å². The van der Waals surface area contributed by atoms with E-state index in [0.29, 0.717) is 12.8 Å². The van der Waals surface area contributed by atoms with Crippen LogP contribution in [0.1, 0.15) is 31.2 Å². The lowest BCUT2D eigenvalue weighted by atomic mass is 9.79. The van der Waals surface area contributed by atoms with Crippen LogP contribution in [-0.2, 0) is 6.42 Å². The van der Waals surface area contributed by atoms with Crippen LogP contribution >= 0.6 is 22.9 Å². The molecule has 0 bridgehead atoms. The van der Waals surface area contributed by atoms with Gasteiger partial charge in [0.05, 0.1) is 5.92 Å². The Kier molecular flexibility index (Phi) is 4.59. The van der Waals surface area contributed by atoms with Gasteiger partial charge in [-0.05, 0) is 60.4 Å². The first-order chi connectivity index (χ1) is 8.47. The lowest BCUT2D eigenvalue weighted by molar-refractivity contribution is -0.183. The quantitative estimate of drug-likeness (QED) is 0.667. The minimum atomic E-state index is -4.03. The second-order valence-electron chi connectivity index (χ2n) is 5.01. The molecule has 0 spiro atoms. The van der Waals surface area contributed by atoms with Crippen molar-refractivity contribution < 1.29 is 13.2 Å². The van der Waals surface area contributed by atoms with Crippen molar-refractivity contribution in [2.24, 2.45) is 11.8 Å². The summed E-state index contributed by atoms with van der Waals surface area (Å²) in [5.74, 6) is -0.885. The second kappa shape index (κ2) is 5.83. The summed E-state index contributed by atoms with van der Waals surface area (Å²) in [5, 5.41) is 4.02. The maximum Gasteiger partial charge on any atom is 0.391 e. The van der Waals surface area contributed by atoms with E-state index in [4.69, 9.17) is 11.6 Å². The van der Waals surface area contributed by atoms with Crippen LogP contribution in [0.5, 0.6) is 0 Å². The Bertz CT molecular complexity index is 353. The minimum absolute atomic E-state index is 0.0335. The average molecular weight is 297 g/mol. The molecule has 0 N–H and O–H groups in total. The molecule has 1 aromatic heterocycles. The molecule has 0 saturated heterocycles. The highest BCUT2D eigenvalue weighted by atomic mass is 35.5. The van der Waals surface area contributed by atoms with Gasteiger partial charge in [0.25, 0.3) is 0 Å². The van der Waals surface area contributed by atoms with Crippen LogP contribution in [0.4, 0.5) is 13.2 Å². The van der Waals surface area contributed by atoms with Crippen molar-refractivity contribution in [1.82, 2.24) is 0 Å². The van der Waals surface area contributed by atoms with Gasteiger partial charge < -0.3 is 0 Å². The first kappa shape index (κ1) is 14.2. The van der Waals surface area contributed by atoms with Crippen molar-refractivity contribution in [3.8, 4) is 0 Å². The summed E-state index contributed by atoms with van der Waals surface area (Å²) in [7, 11) is 0. The molecule has 1 saturated carbocycles. The third kappa shape index (κ3) is 3.64. The van der Waals surface area contributed by atoms with Gasteiger partial charge in [0.15, 0.2) is 0 Å². The van der Waals surface area contributed by atoms with E-state index in [1.165, 1.54) is 5.56 Å². The highest BCUT2D eigenvalue weighted by Crippen LogP contribution is 2.41. The first-order valence-electron chi connectivity index (χ1n) is 6.18. The largest absolute Gasteiger partial charge is 0.391 e. The fraction of sp³-hybridized carbons (Fsp3) is 0.692. The summed E-state index contributed by atoms with van der Waals surface area (Å²) in [5.41, 5.74) is 1.19. The zero-order chi connectivity index (χ0) is 13.2. The number of halogens is 4. The average Bonchev–Trinajstić information content (AvgIpc) is 2.81. The van der Waals surface area contributed by atoms with Crippen molar-refractivity contribution >= 4 is 22.9 Å². The molecule has 0 nitrogen and oxygen atoms in total. The SMILES string of the molecule is FC(F)(F)C1CCC(C(Cl)Cc2ccsc2)CC1. The monoisotopic (exact) mass is 296 g/mol. The fourth-order valence-electron chi connectivity index (χ4n) is 2.61. The van der Waals surface area contributed by atoms with Crippen LogP contribution < -0.4 is 0 Å². The van der Waals surface area contributed by atoms with Gasteiger partial charge in [-0.15, -0.1) is 11.6 Å². The molecule has 1 unspecified atom stereocenters. The highest BCUT2D eigenvalue weighted by molar-refractivity contribution is 7.07. The van der Waals surface area contributed by atoms with Gasteiger partial charge in [-0.2, -0.15) is 24.5 Å². The van der Waals surface area contributed by atoms with E-state index < -0.39 is 12.1 Å². The molecule has 1 atom stereocenters. The van der Waals surface area contributed by atoms with Gasteiger partial charge in [0.2, 0.25) is 0 Å². The smallest absolute Gasteiger partial charge is 0.171 e. The Hall–Kier alpha value is -0.220. The number of hydrogen-bond acceptors (Lipinski definition) is 1. The van der Waals surface area contributed by atoms with E-state index in [2.05, 4.69) is 5.38 Å². The van der Waals surface area contributed by atoms with Crippen LogP contribution in [0.25, 0.3) is 0 Å². The summed E-state index contributed by atoms with van der Waals surface area (Å²) < 4.78 is 37.6. The van der Waals surface area contributed by atoms with Crippen molar-refractivity contribution in [2.75, 3.05) is 0 Å². The molecular formula is C13H16ClF3S. The number of rotatable bonds is 3. The summed E-state index contributed by atoms with van der Waals surface area (Å²) in [6, 6.07) is 2.03. The van der Waals surface area contributed by atoms with Crippen LogP contribution in [0.3, 0.4) is 0 Å². The molecule has 1 aliphatic rings. The van der Waals surface area contributed by atoms with Crippen molar-refractivity contribution in [2.45, 2.75) is 43.7 Å². The molecule has 0 radical (unpaired) electrons. The summed E-state index contributed by atoms with van der Waals surface area (Å²) in [6.45, 7) is 0. The van der Waals surface area contributed by atoms with Gasteiger partial charge in [0, 0.05) is 5.38 Å². The molecule has 0 amide bonds. The lowest BCUT2D eigenvalue weighted by Crippen LogP contribution is -2.31. The molecular weight excluding hydrogens is 281 g/mol. The van der Waals surface area contributed by atoms with E-state index in [9.17, 15) is 13.2 Å². The third-order valence-corrected chi connectivity index (χ3v) is 5.00. The van der Waals surface area contributed by atoms with Crippen LogP contribution in [0, 0.1) is 11.8 Å². The minimum Gasteiger partial charge on any atom is -0.171 e. The highest BCUT2D eigenvalue weighted by Gasteiger charge is 2.42. The Morgan fingerprint density at radius 3 is 2.44 bits per heavy atom. The Morgan fingerprint density at radius 2 is 1.94 bits per heavy atom. The Labute approximate surface area is 114 Å². The van der Waals surface area contributed by atoms with Crippen LogP contribution in [0.15, 0.2) is 16.8 Å². The van der Waals surface area contributed by atoms with Gasteiger partial charge in [-0.25, -0.2) is 0 Å². The predicted octanol–water partition coefficient (Wildman–Crippen LogP) is 5.27. The third-order valence-electron chi connectivity index (χ3n) is 3.76. The second-order valence-corrected chi connectivity index (χ2v) is 6.35. The molecule has 1 aliphatic carbocycles. The molecule has 0 aromatic carbocycles. The normalized spacial score (nSPS) is 27.1. The maximum atomic E-state index is 12.5. The van der Waals surface area contributed by atoms with Gasteiger partial charge in [-0.3, -0.25) is 0 Å². The van der Waals surface area contributed by atoms with Gasteiger partial charge in [0.1, 0.15) is 0 Å². The molecule has 2 rings (SSSR count). The van der Waals surface area contributed by atoms with E-state index >= 15 is 0 Å². The topological polar surface area (TPSA) is 0 Å². The Balaban J connectivity index is 1.82. The fourth-order valence-corrected chi connectivity index (χ4v) is 3.72. The van der Waals surface area contributed by atoms with Crippen LogP contribution in [0.2, 0.25) is 0 Å². The summed E-state index contributed by atoms with van der Waals surface area (Å²) >= 11 is 7.96. The van der Waals surface area contributed by atoms with E-state index in [1.807, 2.05) is 11.4 Å². The Morgan fingerprint density at radius 1 is 1.28 bits per heavy atom. The standard InChI is InChI=1S/C13H16ClF3S/c14-12(7-9-5-6-18-8-9)10-1-3-11(4-2-10)13(15,16)17/h5-6,8,10-12H,1-4,7H2. The number of hydrogen-bond donors (Lipinski definition) is 0. The van der Waals surface area contributed by atoms with Gasteiger partial charge >= 0.3 is 6.18 Å². The van der Waals surface area contributed by atoms with Crippen molar-refractivity contribution in [1.29, 1.82) is 0 Å². The molecule has 5 heteroatoms. The zero-order valence-electron chi connectivity index (χ0n) is 9.92. The predicted molar refractivity (Wildman–Crippen MR) is 69.2 cm³/mol. The summed E-state index contributed by atoms with van der Waals surface area (Å²) in [4.78, 5) is 0. The number of alkyl halides is 4. The van der Waals surface area contributed by atoms with Gasteiger partial charge in [-0.1, -0.05) is 0 Å². The molecule has 1 fully saturated rings. The van der Waals surface area contributed by atoms with E-state index in [0.717, 1.165) is 6.42 Å². The molecule has 0 aliphatic heterocycles. The van der Waals surface area contributed by atoms with E-state index in [1.54, 1.807) is 11.3 Å². The summed E-state index contributed by atoms with van der Waals surface area (Å²) in [6.07, 6.45) is -1.58. The zero-order valence-corrected chi connectivity index (χ0v) is 11.5. The molecule has 102 valence electrons. The molecule has 18 heavy (non-hydrogen) atoms. The lowest BCUT2D eigenvalue weighted by Gasteiger charge is -2.32. The van der Waals surface area contributed by atoms with Crippen molar-refractivity contribution in [3.05, 3.63) is 22.4 Å². The van der Waals surface area contributed by atoms with E-state index in [-0.39, 0.29) is 24.1 Å². The number of thiophene rings is 1. The van der Waals surface area contributed by atoms with Crippen molar-refractivity contribution in [3.63, 3.8) is 0 Å². The maximum absolute atomic E-state index is 12.5. The molecule has 1 aromatic rings. The first-order valence-corrected chi connectivity index (χ1v) is 7.56.